The summed E-state index contributed by atoms with van der Waals surface area (Å²) in [7, 11) is 1.80. The number of aromatic nitrogens is 2. The van der Waals surface area contributed by atoms with E-state index in [1.54, 1.807) is 7.11 Å². The van der Waals surface area contributed by atoms with Crippen molar-refractivity contribution in [3.05, 3.63) is 59.7 Å². The number of nitrogens with one attached hydrogen (secondary N) is 1. The van der Waals surface area contributed by atoms with Crippen LogP contribution in [-0.2, 0) is 23.6 Å². The lowest BCUT2D eigenvalue weighted by atomic mass is 9.97. The summed E-state index contributed by atoms with van der Waals surface area (Å²) in [6.07, 6.45) is 0.844. The average Bonchev–Trinajstić information content (AvgIpc) is 3.39. The van der Waals surface area contributed by atoms with E-state index in [1.165, 1.54) is 21.8 Å². The van der Waals surface area contributed by atoms with E-state index in [9.17, 15) is 4.79 Å². The number of carbonyl (C=O) groups excluding carboxylic acids is 1. The highest BCUT2D eigenvalue weighted by molar-refractivity contribution is 6.30. The Morgan fingerprint density at radius 1 is 0.967 bits per heavy atom. The fourth-order valence-electron chi connectivity index (χ4n) is 5.88. The first-order valence-electron chi connectivity index (χ1n) is 10.5. The van der Waals surface area contributed by atoms with Gasteiger partial charge in [0.2, 0.25) is 0 Å². The van der Waals surface area contributed by atoms with Gasteiger partial charge in [-0.15, -0.1) is 0 Å². The van der Waals surface area contributed by atoms with Crippen LogP contribution in [0.25, 0.3) is 43.6 Å². The molecule has 5 aromatic rings. The summed E-state index contributed by atoms with van der Waals surface area (Å²) in [5.41, 5.74) is 6.15. The van der Waals surface area contributed by atoms with Crippen LogP contribution in [0.4, 0.5) is 0 Å². The molecule has 0 saturated carbocycles. The number of benzene rings is 3. The number of ether oxygens (including phenoxy) is 1. The van der Waals surface area contributed by atoms with Crippen LogP contribution in [0.15, 0.2) is 48.5 Å². The Morgan fingerprint density at radius 2 is 1.67 bits per heavy atom. The number of hydrogen-bond acceptors (Lipinski definition) is 2. The predicted octanol–water partition coefficient (Wildman–Crippen LogP) is 4.87. The predicted molar refractivity (Wildman–Crippen MR) is 119 cm³/mol. The number of para-hydroxylation sites is 2. The molecule has 7 rings (SSSR count). The zero-order chi connectivity index (χ0) is 20.2. The molecule has 0 radical (unpaired) electrons. The third-order valence-electron chi connectivity index (χ3n) is 7.29. The lowest BCUT2D eigenvalue weighted by Gasteiger charge is -2.30. The van der Waals surface area contributed by atoms with E-state index in [4.69, 9.17) is 4.74 Å². The number of rotatable bonds is 1. The van der Waals surface area contributed by atoms with E-state index < -0.39 is 5.72 Å². The lowest BCUT2D eigenvalue weighted by molar-refractivity contribution is -0.0635. The van der Waals surface area contributed by atoms with Crippen molar-refractivity contribution in [3.63, 3.8) is 0 Å². The van der Waals surface area contributed by atoms with Gasteiger partial charge in [0.25, 0.3) is 5.91 Å². The highest BCUT2D eigenvalue weighted by Gasteiger charge is 2.38. The van der Waals surface area contributed by atoms with Crippen LogP contribution in [-0.4, -0.2) is 22.2 Å². The van der Waals surface area contributed by atoms with Crippen molar-refractivity contribution < 1.29 is 9.53 Å². The van der Waals surface area contributed by atoms with Crippen molar-refractivity contribution >= 4 is 49.5 Å². The molecule has 4 heterocycles. The molecular weight excluding hydrogens is 374 g/mol. The summed E-state index contributed by atoms with van der Waals surface area (Å²) in [5, 5.41) is 7.69. The molecule has 0 unspecified atom stereocenters. The maximum absolute atomic E-state index is 13.1. The molecule has 2 aliphatic rings. The van der Waals surface area contributed by atoms with E-state index in [2.05, 4.69) is 69.9 Å². The summed E-state index contributed by atoms with van der Waals surface area (Å²) in [4.78, 5) is 13.1. The first kappa shape index (κ1) is 16.5. The van der Waals surface area contributed by atoms with Crippen molar-refractivity contribution in [2.45, 2.75) is 32.2 Å². The van der Waals surface area contributed by atoms with Crippen LogP contribution in [0.1, 0.15) is 29.3 Å². The standard InChI is InChI=1S/C25H21N3O2/c1-25(30-2)11-12-27-17-9-5-3-7-14(17)20-21-16(13-26-24(21)29)19-15-8-4-6-10-18(15)28(25)23(19)22(20)27/h3-10H,11-13H2,1-2H3,(H,26,29)/t25-/m0/s1. The van der Waals surface area contributed by atoms with Gasteiger partial charge in [0.05, 0.1) is 22.1 Å². The highest BCUT2D eigenvalue weighted by atomic mass is 16.5. The minimum atomic E-state index is -0.474. The van der Waals surface area contributed by atoms with Crippen LogP contribution in [0.5, 0.6) is 0 Å². The molecule has 0 fully saturated rings. The van der Waals surface area contributed by atoms with Crippen LogP contribution in [0.3, 0.4) is 0 Å². The van der Waals surface area contributed by atoms with E-state index >= 15 is 0 Å². The third kappa shape index (κ3) is 1.68. The lowest BCUT2D eigenvalue weighted by Crippen LogP contribution is -2.32. The average molecular weight is 395 g/mol. The summed E-state index contributed by atoms with van der Waals surface area (Å²) in [6.45, 7) is 3.58. The van der Waals surface area contributed by atoms with Crippen molar-refractivity contribution in [3.8, 4) is 0 Å². The van der Waals surface area contributed by atoms with Gasteiger partial charge in [0.1, 0.15) is 5.72 Å². The molecule has 0 saturated heterocycles. The van der Waals surface area contributed by atoms with Gasteiger partial charge in [0.15, 0.2) is 0 Å². The van der Waals surface area contributed by atoms with E-state index in [1.807, 2.05) is 0 Å². The van der Waals surface area contributed by atoms with Crippen LogP contribution in [0, 0.1) is 0 Å². The van der Waals surface area contributed by atoms with E-state index in [0.29, 0.717) is 6.54 Å². The molecule has 2 aromatic heterocycles. The summed E-state index contributed by atoms with van der Waals surface area (Å²) >= 11 is 0. The molecule has 2 aliphatic heterocycles. The maximum Gasteiger partial charge on any atom is 0.252 e. The van der Waals surface area contributed by atoms with Crippen LogP contribution >= 0.6 is 0 Å². The Balaban J connectivity index is 1.91. The molecule has 5 heteroatoms. The van der Waals surface area contributed by atoms with Gasteiger partial charge in [-0.3, -0.25) is 4.79 Å². The third-order valence-corrected chi connectivity index (χ3v) is 7.29. The number of carbonyl (C=O) groups is 1. The van der Waals surface area contributed by atoms with Crippen molar-refractivity contribution in [2.75, 3.05) is 7.11 Å². The fourth-order valence-corrected chi connectivity index (χ4v) is 5.88. The molecule has 1 N–H and O–H groups in total. The minimum Gasteiger partial charge on any atom is -0.359 e. The molecule has 148 valence electrons. The largest absolute Gasteiger partial charge is 0.359 e. The number of aryl methyl sites for hydroxylation is 1. The van der Waals surface area contributed by atoms with Crippen LogP contribution in [0.2, 0.25) is 0 Å². The zero-order valence-corrected chi connectivity index (χ0v) is 17.0. The monoisotopic (exact) mass is 395 g/mol. The smallest absolute Gasteiger partial charge is 0.252 e. The number of methoxy groups -OCH3 is 1. The van der Waals surface area contributed by atoms with Gasteiger partial charge in [-0.05, 0) is 24.6 Å². The van der Waals surface area contributed by atoms with Gasteiger partial charge < -0.3 is 19.2 Å². The number of fused-ring (bicyclic) bond motifs is 9. The quantitative estimate of drug-likeness (QED) is 0.440. The fraction of sp³-hybridized carbons (Fsp3) is 0.240. The van der Waals surface area contributed by atoms with E-state index in [-0.39, 0.29) is 5.91 Å². The summed E-state index contributed by atoms with van der Waals surface area (Å²) < 4.78 is 10.9. The molecule has 0 bridgehead atoms. The first-order chi connectivity index (χ1) is 14.6. The second kappa shape index (κ2) is 5.24. The molecule has 1 amide bonds. The van der Waals surface area contributed by atoms with Gasteiger partial charge >= 0.3 is 0 Å². The maximum atomic E-state index is 13.1. The molecule has 3 aromatic carbocycles. The van der Waals surface area contributed by atoms with E-state index in [0.717, 1.165) is 45.9 Å². The Hall–Kier alpha value is -3.31. The number of amides is 1. The second-order valence-electron chi connectivity index (χ2n) is 8.63. The summed E-state index contributed by atoms with van der Waals surface area (Å²) in [6, 6.07) is 17.0. The normalized spacial score (nSPS) is 20.5. The highest BCUT2D eigenvalue weighted by Crippen LogP contribution is 2.48. The molecule has 5 nitrogen and oxygen atoms in total. The second-order valence-corrected chi connectivity index (χ2v) is 8.63. The number of nitrogens with zero attached hydrogens (tertiary/aromatic N) is 2. The SMILES string of the molecule is CO[C@@]1(C)CCn2c3ccccc3c3c4c(c5c6ccccc6n1c5c32)CNC4=O. The van der Waals surface area contributed by atoms with Gasteiger partial charge in [-0.2, -0.15) is 0 Å². The van der Waals surface area contributed by atoms with Crippen molar-refractivity contribution in [1.29, 1.82) is 0 Å². The molecular formula is C25H21N3O2. The Morgan fingerprint density at radius 3 is 2.43 bits per heavy atom. The molecule has 1 atom stereocenters. The van der Waals surface area contributed by atoms with Crippen LogP contribution < -0.4 is 5.32 Å². The van der Waals surface area contributed by atoms with Crippen molar-refractivity contribution in [1.82, 2.24) is 14.5 Å². The summed E-state index contributed by atoms with van der Waals surface area (Å²) in [5.74, 6) is 0.0328. The number of hydrogen-bond donors (Lipinski definition) is 1. The minimum absolute atomic E-state index is 0.0328. The topological polar surface area (TPSA) is 48.2 Å². The van der Waals surface area contributed by atoms with Crippen molar-refractivity contribution in [2.24, 2.45) is 0 Å². The first-order valence-corrected chi connectivity index (χ1v) is 10.5. The molecule has 0 spiro atoms. The van der Waals surface area contributed by atoms with Gasteiger partial charge in [0, 0.05) is 53.7 Å². The zero-order valence-electron chi connectivity index (χ0n) is 17.0. The van der Waals surface area contributed by atoms with Gasteiger partial charge in [-0.25, -0.2) is 0 Å². The molecule has 30 heavy (non-hydrogen) atoms. The Kier molecular flexibility index (Phi) is 2.88. The Labute approximate surface area is 172 Å². The van der Waals surface area contributed by atoms with Gasteiger partial charge in [-0.1, -0.05) is 36.4 Å². The molecule has 0 aliphatic carbocycles. The Bertz CT molecular complexity index is 1570.